The molecule has 1 saturated heterocycles. The second-order valence-corrected chi connectivity index (χ2v) is 18.3. The van der Waals surface area contributed by atoms with Crippen LogP contribution in [0.4, 0.5) is 0 Å². The second kappa shape index (κ2) is 9.01. The van der Waals surface area contributed by atoms with Gasteiger partial charge < -0.3 is 19.0 Å². The van der Waals surface area contributed by atoms with Gasteiger partial charge in [-0.25, -0.2) is 0 Å². The van der Waals surface area contributed by atoms with Crippen molar-refractivity contribution in [3.8, 4) is 0 Å². The number of rotatable bonds is 6. The zero-order chi connectivity index (χ0) is 27.1. The van der Waals surface area contributed by atoms with Crippen molar-refractivity contribution in [3.05, 3.63) is 11.1 Å². The molecular weight excluding hydrogens is 468 g/mol. The zero-order valence-corrected chi connectivity index (χ0v) is 25.8. The molecule has 0 radical (unpaired) electrons. The lowest BCUT2D eigenvalue weighted by Crippen LogP contribution is -2.74. The molecule has 4 rings (SSSR count). The molecule has 9 atom stereocenters. The van der Waals surface area contributed by atoms with Crippen LogP contribution in [-0.4, -0.2) is 56.8 Å². The van der Waals surface area contributed by atoms with Crippen LogP contribution in [0.15, 0.2) is 11.1 Å². The van der Waals surface area contributed by atoms with E-state index >= 15 is 0 Å². The normalized spacial score (nSPS) is 46.4. The third kappa shape index (κ3) is 3.43. The van der Waals surface area contributed by atoms with Crippen molar-refractivity contribution < 1.29 is 23.8 Å². The van der Waals surface area contributed by atoms with E-state index in [-0.39, 0.29) is 47.3 Å². The summed E-state index contributed by atoms with van der Waals surface area (Å²) in [6.45, 7) is 22.6. The molecule has 3 aliphatic carbocycles. The Morgan fingerprint density at radius 1 is 1.08 bits per heavy atom. The summed E-state index contributed by atoms with van der Waals surface area (Å²) in [6, 6.07) is 3.20. The van der Waals surface area contributed by atoms with E-state index in [9.17, 15) is 9.90 Å². The Morgan fingerprint density at radius 3 is 2.14 bits per heavy atom. The number of fused-ring (bicyclic) bond motifs is 5. The molecule has 0 aromatic carbocycles. The van der Waals surface area contributed by atoms with Gasteiger partial charge in [0, 0.05) is 36.7 Å². The summed E-state index contributed by atoms with van der Waals surface area (Å²) in [4.78, 5) is 14.7. The fraction of sp³-hybridized carbons (Fsp3) is 0.900. The average Bonchev–Trinajstić information content (AvgIpc) is 2.83. The highest BCUT2D eigenvalue weighted by Crippen LogP contribution is 2.68. The lowest BCUT2D eigenvalue weighted by atomic mass is 9.40. The standard InChI is InChI=1S/C30H52O5Si/c1-12-36(13-2,14-3)35-21-16-30(32)20(6)25-28(9)17-34-22(28)15-23(33-11)29(25,10)26(31)19(5)24(18(21)4)27(30,7)8/h19-23,25,32H,12-17H2,1-11H3/t19-,20+,21+,22-,23+,25?,28-,29-,30-/m1/s1. The van der Waals surface area contributed by atoms with E-state index in [1.165, 1.54) is 5.57 Å². The second-order valence-electron chi connectivity index (χ2n) is 13.6. The van der Waals surface area contributed by atoms with Gasteiger partial charge in [-0.1, -0.05) is 61.0 Å². The molecule has 1 N–H and O–H groups in total. The topological polar surface area (TPSA) is 65.0 Å². The molecule has 0 aromatic heterocycles. The van der Waals surface area contributed by atoms with E-state index in [4.69, 9.17) is 13.9 Å². The Bertz CT molecular complexity index is 916. The van der Waals surface area contributed by atoms with E-state index in [1.807, 2.05) is 0 Å². The number of methoxy groups -OCH3 is 1. The summed E-state index contributed by atoms with van der Waals surface area (Å²) in [5, 5.41) is 13.0. The number of hydrogen-bond acceptors (Lipinski definition) is 5. The van der Waals surface area contributed by atoms with E-state index in [2.05, 4.69) is 69.2 Å². The predicted molar refractivity (Wildman–Crippen MR) is 146 cm³/mol. The van der Waals surface area contributed by atoms with Crippen LogP contribution in [0.5, 0.6) is 0 Å². The maximum atomic E-state index is 14.7. The van der Waals surface area contributed by atoms with E-state index in [1.54, 1.807) is 7.11 Å². The largest absolute Gasteiger partial charge is 0.410 e. The Morgan fingerprint density at radius 2 is 1.67 bits per heavy atom. The van der Waals surface area contributed by atoms with Crippen LogP contribution in [0.2, 0.25) is 18.1 Å². The minimum absolute atomic E-state index is 0.0483. The molecule has 36 heavy (non-hydrogen) atoms. The number of carbonyl (C=O) groups is 1. The van der Waals surface area contributed by atoms with Crippen molar-refractivity contribution in [2.75, 3.05) is 13.7 Å². The summed E-state index contributed by atoms with van der Waals surface area (Å²) in [6.07, 6.45) is 1.00. The summed E-state index contributed by atoms with van der Waals surface area (Å²) in [7, 11) is -0.198. The fourth-order valence-corrected chi connectivity index (χ4v) is 12.6. The first kappa shape index (κ1) is 28.5. The number of Topliss-reactive ketones (excluding diaryl/α,β-unsaturated/α-hetero) is 1. The Hall–Kier alpha value is -0.533. The molecule has 2 saturated carbocycles. The Kier molecular flexibility index (Phi) is 7.12. The quantitative estimate of drug-likeness (QED) is 0.336. The van der Waals surface area contributed by atoms with Gasteiger partial charge >= 0.3 is 0 Å². The molecule has 3 fully saturated rings. The SMILES string of the molecule is CC[Si](CC)(CC)O[C@H]1C[C@@]2(O)[C@@H](C)C3[C@]4(C)CO[C@@H]4C[C@H](OC)[C@@]3(C)C(=O)[C@H](C)C(=C1C)C2(C)C. The maximum Gasteiger partial charge on any atom is 0.192 e. The Labute approximate surface area is 220 Å². The van der Waals surface area contributed by atoms with Crippen molar-refractivity contribution in [1.82, 2.24) is 0 Å². The number of ether oxygens (including phenoxy) is 2. The first-order valence-corrected chi connectivity index (χ1v) is 17.0. The highest BCUT2D eigenvalue weighted by Gasteiger charge is 2.72. The van der Waals surface area contributed by atoms with Gasteiger partial charge in [-0.2, -0.15) is 0 Å². The van der Waals surface area contributed by atoms with Gasteiger partial charge in [0.1, 0.15) is 5.78 Å². The summed E-state index contributed by atoms with van der Waals surface area (Å²) >= 11 is 0. The predicted octanol–water partition coefficient (Wildman–Crippen LogP) is 6.16. The number of ketones is 1. The van der Waals surface area contributed by atoms with Crippen molar-refractivity contribution in [2.24, 2.45) is 34.0 Å². The lowest BCUT2D eigenvalue weighted by molar-refractivity contribution is -0.303. The van der Waals surface area contributed by atoms with Crippen LogP contribution in [0.3, 0.4) is 0 Å². The molecular formula is C30H52O5Si. The third-order valence-electron chi connectivity index (χ3n) is 12.2. The van der Waals surface area contributed by atoms with Crippen molar-refractivity contribution >= 4 is 14.1 Å². The number of carbonyl (C=O) groups excluding carboxylic acids is 1. The monoisotopic (exact) mass is 520 g/mol. The molecule has 0 spiro atoms. The Balaban J connectivity index is 1.95. The van der Waals surface area contributed by atoms with Crippen LogP contribution >= 0.6 is 0 Å². The third-order valence-corrected chi connectivity index (χ3v) is 16.8. The minimum atomic E-state index is -1.93. The lowest BCUT2D eigenvalue weighted by Gasteiger charge is -2.69. The maximum absolute atomic E-state index is 14.7. The van der Waals surface area contributed by atoms with Crippen molar-refractivity contribution in [2.45, 2.75) is 124 Å². The van der Waals surface area contributed by atoms with E-state index in [0.29, 0.717) is 13.0 Å². The van der Waals surface area contributed by atoms with Crippen molar-refractivity contribution in [3.63, 3.8) is 0 Å². The highest BCUT2D eigenvalue weighted by atomic mass is 28.4. The summed E-state index contributed by atoms with van der Waals surface area (Å²) in [5.74, 6) is -0.225. The molecule has 6 heteroatoms. The average molecular weight is 521 g/mol. The van der Waals surface area contributed by atoms with Crippen LogP contribution in [0.1, 0.15) is 82.1 Å². The van der Waals surface area contributed by atoms with Crippen LogP contribution in [-0.2, 0) is 18.7 Å². The van der Waals surface area contributed by atoms with Crippen LogP contribution < -0.4 is 0 Å². The molecule has 1 aliphatic heterocycles. The minimum Gasteiger partial charge on any atom is -0.410 e. The first-order valence-electron chi connectivity index (χ1n) is 14.4. The molecule has 4 aliphatic rings. The van der Waals surface area contributed by atoms with Crippen LogP contribution in [0, 0.1) is 34.0 Å². The number of hydrogen-bond donors (Lipinski definition) is 1. The van der Waals surface area contributed by atoms with Gasteiger partial charge in [0.05, 0.1) is 35.9 Å². The molecule has 0 aromatic rings. The smallest absolute Gasteiger partial charge is 0.192 e. The number of aliphatic hydroxyl groups is 1. The van der Waals surface area contributed by atoms with Gasteiger partial charge in [0.2, 0.25) is 0 Å². The first-order chi connectivity index (χ1) is 16.6. The zero-order valence-electron chi connectivity index (χ0n) is 24.8. The van der Waals surface area contributed by atoms with Gasteiger partial charge in [-0.3, -0.25) is 4.79 Å². The van der Waals surface area contributed by atoms with Crippen LogP contribution in [0.25, 0.3) is 0 Å². The van der Waals surface area contributed by atoms with E-state index in [0.717, 1.165) is 30.1 Å². The van der Waals surface area contributed by atoms with Gasteiger partial charge in [0.25, 0.3) is 0 Å². The van der Waals surface area contributed by atoms with Gasteiger partial charge in [-0.15, -0.1) is 0 Å². The summed E-state index contributed by atoms with van der Waals surface area (Å²) in [5.41, 5.74) is -0.145. The van der Waals surface area contributed by atoms with E-state index < -0.39 is 24.7 Å². The van der Waals surface area contributed by atoms with Crippen molar-refractivity contribution in [1.29, 1.82) is 0 Å². The molecule has 2 bridgehead atoms. The molecule has 1 unspecified atom stereocenters. The fourth-order valence-electron chi connectivity index (χ4n) is 9.69. The highest BCUT2D eigenvalue weighted by molar-refractivity contribution is 6.73. The molecule has 1 heterocycles. The molecule has 5 nitrogen and oxygen atoms in total. The summed E-state index contributed by atoms with van der Waals surface area (Å²) < 4.78 is 19.3. The molecule has 206 valence electrons. The molecule has 0 amide bonds. The van der Waals surface area contributed by atoms with Gasteiger partial charge in [0.15, 0.2) is 8.32 Å². The van der Waals surface area contributed by atoms with Gasteiger partial charge in [-0.05, 0) is 49.4 Å².